The zero-order valence-corrected chi connectivity index (χ0v) is 13.8. The van der Waals surface area contributed by atoms with Gasteiger partial charge in [0.25, 0.3) is 0 Å². The summed E-state index contributed by atoms with van der Waals surface area (Å²) in [5.74, 6) is 0. The van der Waals surface area contributed by atoms with Crippen LogP contribution < -0.4 is 5.32 Å². The molecule has 0 saturated heterocycles. The Morgan fingerprint density at radius 1 is 1.13 bits per heavy atom. The van der Waals surface area contributed by atoms with E-state index >= 15 is 0 Å². The average molecular weight is 310 g/mol. The second-order valence-electron chi connectivity index (χ2n) is 6.65. The number of hydrogen-bond acceptors (Lipinski definition) is 3. The summed E-state index contributed by atoms with van der Waals surface area (Å²) in [7, 11) is 0. The average Bonchev–Trinajstić information content (AvgIpc) is 3.40. The van der Waals surface area contributed by atoms with E-state index in [2.05, 4.69) is 23.3 Å². The van der Waals surface area contributed by atoms with Crippen molar-refractivity contribution in [3.8, 4) is 0 Å². The van der Waals surface area contributed by atoms with E-state index in [0.29, 0.717) is 0 Å². The van der Waals surface area contributed by atoms with Gasteiger partial charge in [-0.25, -0.2) is 0 Å². The third-order valence-electron chi connectivity index (χ3n) is 4.91. The Morgan fingerprint density at radius 2 is 1.87 bits per heavy atom. The third kappa shape index (κ3) is 3.80. The second kappa shape index (κ2) is 7.24. The van der Waals surface area contributed by atoms with Crippen molar-refractivity contribution >= 4 is 0 Å². The third-order valence-corrected chi connectivity index (χ3v) is 4.91. The Balaban J connectivity index is 1.66. The van der Waals surface area contributed by atoms with E-state index in [1.54, 1.807) is 0 Å². The van der Waals surface area contributed by atoms with Gasteiger partial charge in [0.1, 0.15) is 0 Å². The van der Waals surface area contributed by atoms with E-state index < -0.39 is 0 Å². The molecule has 3 nitrogen and oxygen atoms in total. The maximum absolute atomic E-state index is 10.8. The monoisotopic (exact) mass is 310 g/mol. The number of nitrogens with zero attached hydrogens (tertiary/aromatic N) is 1. The van der Waals surface area contributed by atoms with Gasteiger partial charge in [-0.15, -0.1) is 0 Å². The number of hydrogen-bond donors (Lipinski definition) is 2. The van der Waals surface area contributed by atoms with Gasteiger partial charge in [-0.1, -0.05) is 49.7 Å². The number of aromatic nitrogens is 1. The van der Waals surface area contributed by atoms with Crippen molar-refractivity contribution in [2.24, 2.45) is 5.41 Å². The molecule has 2 N–H and O–H groups in total. The minimum Gasteiger partial charge on any atom is -0.388 e. The minimum atomic E-state index is -0.387. The molecule has 3 heteroatoms. The topological polar surface area (TPSA) is 45.1 Å². The fourth-order valence-corrected chi connectivity index (χ4v) is 3.25. The molecule has 23 heavy (non-hydrogen) atoms. The van der Waals surface area contributed by atoms with Crippen LogP contribution in [0.4, 0.5) is 0 Å². The lowest BCUT2D eigenvalue weighted by Crippen LogP contribution is -2.32. The lowest BCUT2D eigenvalue weighted by atomic mass is 9.92. The van der Waals surface area contributed by atoms with Crippen LogP contribution in [0.3, 0.4) is 0 Å². The maximum atomic E-state index is 10.8. The molecule has 1 saturated carbocycles. The second-order valence-corrected chi connectivity index (χ2v) is 6.65. The number of pyridine rings is 1. The van der Waals surface area contributed by atoms with Gasteiger partial charge < -0.3 is 10.4 Å². The molecule has 0 aliphatic heterocycles. The van der Waals surface area contributed by atoms with Crippen LogP contribution in [0.5, 0.6) is 0 Å². The fraction of sp³-hybridized carbons (Fsp3) is 0.450. The number of aliphatic hydroxyl groups is 1. The van der Waals surface area contributed by atoms with Crippen LogP contribution in [-0.2, 0) is 0 Å². The van der Waals surface area contributed by atoms with Crippen LogP contribution in [0.1, 0.15) is 56.0 Å². The normalized spacial score (nSPS) is 18.3. The van der Waals surface area contributed by atoms with E-state index in [-0.39, 0.29) is 17.6 Å². The first-order valence-electron chi connectivity index (χ1n) is 8.62. The molecule has 1 heterocycles. The lowest BCUT2D eigenvalue weighted by molar-refractivity contribution is 0.0895. The van der Waals surface area contributed by atoms with Crippen LogP contribution in [0.15, 0.2) is 54.7 Å². The molecule has 2 atom stereocenters. The highest BCUT2D eigenvalue weighted by Crippen LogP contribution is 2.54. The molecule has 1 fully saturated rings. The molecule has 0 amide bonds. The largest absolute Gasteiger partial charge is 0.388 e. The fourth-order valence-electron chi connectivity index (χ4n) is 3.25. The summed E-state index contributed by atoms with van der Waals surface area (Å²) in [6.07, 6.45) is 5.80. The molecule has 2 aromatic rings. The van der Waals surface area contributed by atoms with Crippen molar-refractivity contribution < 1.29 is 5.11 Å². The summed E-state index contributed by atoms with van der Waals surface area (Å²) < 4.78 is 0. The molecule has 2 unspecified atom stereocenters. The van der Waals surface area contributed by atoms with Crippen molar-refractivity contribution in [2.45, 2.75) is 44.8 Å². The molecule has 1 aliphatic carbocycles. The van der Waals surface area contributed by atoms with Gasteiger partial charge in [-0.3, -0.25) is 4.98 Å². The highest BCUT2D eigenvalue weighted by molar-refractivity contribution is 5.22. The van der Waals surface area contributed by atoms with Crippen molar-refractivity contribution in [3.05, 3.63) is 66.0 Å². The molecule has 1 aromatic carbocycles. The summed E-state index contributed by atoms with van der Waals surface area (Å²) in [5, 5.41) is 14.4. The quantitative estimate of drug-likeness (QED) is 0.774. The van der Waals surface area contributed by atoms with Gasteiger partial charge in [-0.2, -0.15) is 0 Å². The maximum Gasteiger partial charge on any atom is 0.0858 e. The van der Waals surface area contributed by atoms with Crippen LogP contribution in [-0.4, -0.2) is 16.6 Å². The van der Waals surface area contributed by atoms with E-state index in [1.165, 1.54) is 0 Å². The van der Waals surface area contributed by atoms with Gasteiger partial charge >= 0.3 is 0 Å². The molecule has 122 valence electrons. The summed E-state index contributed by atoms with van der Waals surface area (Å²) in [5.41, 5.74) is 2.11. The zero-order chi connectivity index (χ0) is 16.1. The molecule has 0 radical (unpaired) electrons. The Labute approximate surface area is 138 Å². The molecular weight excluding hydrogens is 284 g/mol. The summed E-state index contributed by atoms with van der Waals surface area (Å²) >= 11 is 0. The summed E-state index contributed by atoms with van der Waals surface area (Å²) in [4.78, 5) is 4.50. The van der Waals surface area contributed by atoms with Gasteiger partial charge in [0.15, 0.2) is 0 Å². The highest BCUT2D eigenvalue weighted by Gasteiger charge is 2.49. The Bertz CT molecular complexity index is 596. The summed E-state index contributed by atoms with van der Waals surface area (Å²) in [6, 6.07) is 16.4. The van der Waals surface area contributed by atoms with Crippen molar-refractivity contribution in [1.82, 2.24) is 10.3 Å². The number of nitrogens with one attached hydrogen (secondary N) is 1. The molecular formula is C20H26N2O. The predicted molar refractivity (Wildman–Crippen MR) is 93.0 cm³/mol. The van der Waals surface area contributed by atoms with Crippen LogP contribution in [0.25, 0.3) is 0 Å². The highest BCUT2D eigenvalue weighted by atomic mass is 16.3. The standard InChI is InChI=1S/C20H26N2O/c1-2-8-17(18-11-6-7-14-21-18)22-15-20(12-13-20)19(23)16-9-4-3-5-10-16/h3-7,9-11,14,17,19,22-23H,2,8,12-13,15H2,1H3. The smallest absolute Gasteiger partial charge is 0.0858 e. The van der Waals surface area contributed by atoms with E-state index in [9.17, 15) is 5.11 Å². The Kier molecular flexibility index (Phi) is 5.09. The number of benzene rings is 1. The van der Waals surface area contributed by atoms with Gasteiger partial charge in [0, 0.05) is 24.2 Å². The first kappa shape index (κ1) is 16.2. The first-order chi connectivity index (χ1) is 11.2. The first-order valence-corrected chi connectivity index (χ1v) is 8.62. The Morgan fingerprint density at radius 3 is 2.48 bits per heavy atom. The van der Waals surface area contributed by atoms with Gasteiger partial charge in [0.2, 0.25) is 0 Å². The summed E-state index contributed by atoms with van der Waals surface area (Å²) in [6.45, 7) is 3.04. The van der Waals surface area contributed by atoms with Gasteiger partial charge in [-0.05, 0) is 37.0 Å². The van der Waals surface area contributed by atoms with Crippen LogP contribution in [0.2, 0.25) is 0 Å². The van der Waals surface area contributed by atoms with Crippen molar-refractivity contribution in [1.29, 1.82) is 0 Å². The van der Waals surface area contributed by atoms with Crippen molar-refractivity contribution in [2.75, 3.05) is 6.54 Å². The van der Waals surface area contributed by atoms with E-state index in [1.807, 2.05) is 48.7 Å². The number of aliphatic hydroxyl groups excluding tert-OH is 1. The molecule has 0 spiro atoms. The molecule has 1 aromatic heterocycles. The minimum absolute atomic E-state index is 0.0118. The van der Waals surface area contributed by atoms with Crippen LogP contribution >= 0.6 is 0 Å². The van der Waals surface area contributed by atoms with E-state index in [4.69, 9.17) is 0 Å². The predicted octanol–water partition coefficient (Wildman–Crippen LogP) is 4.03. The molecule has 1 aliphatic rings. The Hall–Kier alpha value is -1.71. The number of rotatable bonds is 8. The van der Waals surface area contributed by atoms with E-state index in [0.717, 1.165) is 43.5 Å². The van der Waals surface area contributed by atoms with Crippen LogP contribution in [0, 0.1) is 5.41 Å². The SMILES string of the molecule is CCCC(NCC1(C(O)c2ccccc2)CC1)c1ccccn1. The zero-order valence-electron chi connectivity index (χ0n) is 13.8. The molecule has 0 bridgehead atoms. The van der Waals surface area contributed by atoms with Gasteiger partial charge in [0.05, 0.1) is 11.8 Å². The van der Waals surface area contributed by atoms with Crippen molar-refractivity contribution in [3.63, 3.8) is 0 Å². The molecule has 3 rings (SSSR count). The lowest BCUT2D eigenvalue weighted by Gasteiger charge is -2.26.